The van der Waals surface area contributed by atoms with Gasteiger partial charge in [0.15, 0.2) is 5.76 Å². The third-order valence-electron chi connectivity index (χ3n) is 5.36. The van der Waals surface area contributed by atoms with Crippen LogP contribution in [0.4, 0.5) is 5.69 Å². The van der Waals surface area contributed by atoms with Crippen LogP contribution in [-0.4, -0.2) is 48.8 Å². The van der Waals surface area contributed by atoms with Gasteiger partial charge in [0.25, 0.3) is 5.91 Å². The molecule has 1 aliphatic rings. The van der Waals surface area contributed by atoms with Gasteiger partial charge in [-0.05, 0) is 41.8 Å². The molecule has 6 heteroatoms. The van der Waals surface area contributed by atoms with E-state index < -0.39 is 6.10 Å². The van der Waals surface area contributed by atoms with E-state index in [1.807, 2.05) is 18.2 Å². The topological polar surface area (TPSA) is 66.2 Å². The molecule has 0 bridgehead atoms. The summed E-state index contributed by atoms with van der Waals surface area (Å²) in [4.78, 5) is 16.2. The third kappa shape index (κ3) is 4.72. The second-order valence-corrected chi connectivity index (χ2v) is 7.56. The number of aliphatic hydroxyl groups excluding tert-OH is 1. The van der Waals surface area contributed by atoms with Crippen molar-refractivity contribution >= 4 is 11.6 Å². The molecule has 3 aromatic rings. The summed E-state index contributed by atoms with van der Waals surface area (Å²) in [6, 6.07) is 19.0. The van der Waals surface area contributed by atoms with E-state index in [1.54, 1.807) is 25.2 Å². The van der Waals surface area contributed by atoms with Gasteiger partial charge in [0.05, 0.1) is 6.26 Å². The molecule has 2 heterocycles. The lowest BCUT2D eigenvalue weighted by Gasteiger charge is -2.30. The highest BCUT2D eigenvalue weighted by Gasteiger charge is 2.19. The highest BCUT2D eigenvalue weighted by molar-refractivity contribution is 6.03. The van der Waals surface area contributed by atoms with Crippen LogP contribution in [-0.2, 0) is 13.0 Å². The summed E-state index contributed by atoms with van der Waals surface area (Å²) >= 11 is 0. The number of anilines is 1. The molecule has 1 aliphatic heterocycles. The van der Waals surface area contributed by atoms with E-state index in [0.29, 0.717) is 18.0 Å². The van der Waals surface area contributed by atoms with Crippen LogP contribution in [0.1, 0.15) is 21.7 Å². The number of furan rings is 1. The Bertz CT molecular complexity index is 986. The van der Waals surface area contributed by atoms with Gasteiger partial charge < -0.3 is 19.2 Å². The van der Waals surface area contributed by atoms with Gasteiger partial charge >= 0.3 is 0 Å². The van der Waals surface area contributed by atoms with Crippen LogP contribution >= 0.6 is 0 Å². The van der Waals surface area contributed by atoms with Gasteiger partial charge in [-0.2, -0.15) is 0 Å². The predicted octanol–water partition coefficient (Wildman–Crippen LogP) is 3.35. The van der Waals surface area contributed by atoms with Crippen molar-refractivity contribution < 1.29 is 19.1 Å². The van der Waals surface area contributed by atoms with E-state index in [9.17, 15) is 9.90 Å². The van der Waals surface area contributed by atoms with Gasteiger partial charge in [0, 0.05) is 38.4 Å². The van der Waals surface area contributed by atoms with Crippen molar-refractivity contribution in [2.24, 2.45) is 0 Å². The second-order valence-electron chi connectivity index (χ2n) is 7.56. The largest absolute Gasteiger partial charge is 0.491 e. The Morgan fingerprint density at radius 1 is 1.17 bits per heavy atom. The SMILES string of the molecule is CN(C(=O)c1ccco1)c1cccc(OCC(O)CN2CCc3ccccc3C2)c1. The van der Waals surface area contributed by atoms with E-state index in [1.165, 1.54) is 22.3 Å². The molecule has 1 atom stereocenters. The summed E-state index contributed by atoms with van der Waals surface area (Å²) in [5.74, 6) is 0.652. The average molecular weight is 406 g/mol. The van der Waals surface area contributed by atoms with Gasteiger partial charge in [0.1, 0.15) is 18.5 Å². The van der Waals surface area contributed by atoms with Gasteiger partial charge in [-0.25, -0.2) is 0 Å². The molecule has 1 unspecified atom stereocenters. The first-order valence-electron chi connectivity index (χ1n) is 10.1. The lowest BCUT2D eigenvalue weighted by atomic mass is 10.00. The summed E-state index contributed by atoms with van der Waals surface area (Å²) in [6.45, 7) is 2.54. The quantitative estimate of drug-likeness (QED) is 0.652. The number of β-amino-alcohol motifs (C(OH)–C–C–N with tert-alkyl or cyclic N) is 1. The summed E-state index contributed by atoms with van der Waals surface area (Å²) in [7, 11) is 1.69. The minimum absolute atomic E-state index is 0.192. The molecule has 1 amide bonds. The molecule has 0 radical (unpaired) electrons. The maximum absolute atomic E-state index is 12.4. The van der Waals surface area contributed by atoms with Crippen LogP contribution in [0.15, 0.2) is 71.3 Å². The van der Waals surface area contributed by atoms with Crippen LogP contribution in [0.25, 0.3) is 0 Å². The van der Waals surface area contributed by atoms with Crippen LogP contribution < -0.4 is 9.64 Å². The van der Waals surface area contributed by atoms with E-state index in [4.69, 9.17) is 9.15 Å². The van der Waals surface area contributed by atoms with E-state index in [2.05, 4.69) is 29.2 Å². The summed E-state index contributed by atoms with van der Waals surface area (Å²) in [5, 5.41) is 10.5. The molecular formula is C24H26N2O4. The molecule has 30 heavy (non-hydrogen) atoms. The Morgan fingerprint density at radius 2 is 2.00 bits per heavy atom. The number of carbonyl (C=O) groups excluding carboxylic acids is 1. The molecule has 1 N–H and O–H groups in total. The van der Waals surface area contributed by atoms with Crippen LogP contribution in [0.5, 0.6) is 5.75 Å². The Balaban J connectivity index is 1.31. The number of ether oxygens (including phenoxy) is 1. The van der Waals surface area contributed by atoms with Gasteiger partial charge in [-0.15, -0.1) is 0 Å². The van der Waals surface area contributed by atoms with Crippen molar-refractivity contribution in [1.82, 2.24) is 4.90 Å². The standard InChI is InChI=1S/C24H26N2O4/c1-25(24(28)23-10-5-13-29-23)20-8-4-9-22(14-20)30-17-21(27)16-26-12-11-18-6-2-3-7-19(18)15-26/h2-10,13-14,21,27H,11-12,15-17H2,1H3. The monoisotopic (exact) mass is 406 g/mol. The first kappa shape index (κ1) is 20.2. The Hall–Kier alpha value is -3.09. The van der Waals surface area contributed by atoms with Crippen molar-refractivity contribution in [3.63, 3.8) is 0 Å². The Morgan fingerprint density at radius 3 is 2.80 bits per heavy atom. The second kappa shape index (κ2) is 9.15. The number of fused-ring (bicyclic) bond motifs is 1. The number of carbonyl (C=O) groups is 1. The highest BCUT2D eigenvalue weighted by atomic mass is 16.5. The molecule has 0 aliphatic carbocycles. The summed E-state index contributed by atoms with van der Waals surface area (Å²) in [6.07, 6.45) is 1.88. The lowest BCUT2D eigenvalue weighted by molar-refractivity contribution is 0.0638. The molecule has 2 aromatic carbocycles. The van der Waals surface area contributed by atoms with Crippen molar-refractivity contribution in [2.75, 3.05) is 31.6 Å². The number of hydrogen-bond acceptors (Lipinski definition) is 5. The summed E-state index contributed by atoms with van der Waals surface area (Å²) < 4.78 is 11.0. The Labute approximate surface area is 176 Å². The smallest absolute Gasteiger partial charge is 0.293 e. The summed E-state index contributed by atoms with van der Waals surface area (Å²) in [5.41, 5.74) is 3.41. The zero-order valence-corrected chi connectivity index (χ0v) is 17.0. The molecule has 0 saturated carbocycles. The van der Waals surface area contributed by atoms with E-state index in [0.717, 1.165) is 19.5 Å². The molecule has 0 saturated heterocycles. The van der Waals surface area contributed by atoms with E-state index >= 15 is 0 Å². The maximum atomic E-state index is 12.4. The Kier molecular flexibility index (Phi) is 6.16. The van der Waals surface area contributed by atoms with Gasteiger partial charge in [-0.3, -0.25) is 9.69 Å². The van der Waals surface area contributed by atoms with Crippen LogP contribution in [0.3, 0.4) is 0 Å². The third-order valence-corrected chi connectivity index (χ3v) is 5.36. The van der Waals surface area contributed by atoms with Crippen molar-refractivity contribution in [3.05, 3.63) is 83.8 Å². The van der Waals surface area contributed by atoms with Crippen LogP contribution in [0, 0.1) is 0 Å². The fraction of sp³-hybridized carbons (Fsp3) is 0.292. The average Bonchev–Trinajstić information content (AvgIpc) is 3.32. The maximum Gasteiger partial charge on any atom is 0.293 e. The first-order chi connectivity index (χ1) is 14.6. The van der Waals surface area contributed by atoms with Crippen molar-refractivity contribution in [1.29, 1.82) is 0 Å². The van der Waals surface area contributed by atoms with Gasteiger partial charge in [-0.1, -0.05) is 30.3 Å². The molecule has 1 aromatic heterocycles. The lowest BCUT2D eigenvalue weighted by Crippen LogP contribution is -2.38. The number of rotatable bonds is 7. The number of benzene rings is 2. The van der Waals surface area contributed by atoms with Gasteiger partial charge in [0.2, 0.25) is 0 Å². The number of nitrogens with zero attached hydrogens (tertiary/aromatic N) is 2. The molecule has 0 spiro atoms. The highest BCUT2D eigenvalue weighted by Crippen LogP contribution is 2.23. The number of amides is 1. The zero-order valence-electron chi connectivity index (χ0n) is 17.0. The first-order valence-corrected chi connectivity index (χ1v) is 10.1. The number of aliphatic hydroxyl groups is 1. The zero-order chi connectivity index (χ0) is 20.9. The number of hydrogen-bond donors (Lipinski definition) is 1. The minimum Gasteiger partial charge on any atom is -0.491 e. The van der Waals surface area contributed by atoms with E-state index in [-0.39, 0.29) is 18.3 Å². The van der Waals surface area contributed by atoms with Crippen LogP contribution in [0.2, 0.25) is 0 Å². The normalized spacial score (nSPS) is 14.7. The fourth-order valence-corrected chi connectivity index (χ4v) is 3.72. The fourth-order valence-electron chi connectivity index (χ4n) is 3.72. The molecule has 156 valence electrons. The predicted molar refractivity (Wildman–Crippen MR) is 115 cm³/mol. The molecule has 6 nitrogen and oxygen atoms in total. The van der Waals surface area contributed by atoms with Crippen molar-refractivity contribution in [2.45, 2.75) is 19.1 Å². The molecule has 4 rings (SSSR count). The molecule has 0 fully saturated rings. The minimum atomic E-state index is -0.596. The molecular weight excluding hydrogens is 380 g/mol. The van der Waals surface area contributed by atoms with Crippen molar-refractivity contribution in [3.8, 4) is 5.75 Å².